The van der Waals surface area contributed by atoms with Crippen molar-refractivity contribution in [3.05, 3.63) is 202 Å². The van der Waals surface area contributed by atoms with Crippen LogP contribution in [-0.2, 0) is 5.41 Å². The number of fused-ring (bicyclic) bond motifs is 1. The Morgan fingerprint density at radius 3 is 2.44 bits per heavy atom. The van der Waals surface area contributed by atoms with Crippen molar-refractivity contribution in [1.82, 2.24) is 0 Å². The number of anilines is 1. The average molecular weight is 622 g/mol. The Morgan fingerprint density at radius 2 is 1.65 bits per heavy atom. The van der Waals surface area contributed by atoms with E-state index in [0.29, 0.717) is 0 Å². The molecule has 0 amide bonds. The fourth-order valence-electron chi connectivity index (χ4n) is 7.53. The van der Waals surface area contributed by atoms with Crippen LogP contribution in [0.4, 0.5) is 5.69 Å². The molecule has 0 N–H and O–H groups in total. The first-order valence-electron chi connectivity index (χ1n) is 17.1. The first-order valence-corrected chi connectivity index (χ1v) is 17.1. The topological polar surface area (TPSA) is 3.24 Å². The zero-order valence-electron chi connectivity index (χ0n) is 28.1. The molecule has 1 heteroatoms. The van der Waals surface area contributed by atoms with Gasteiger partial charge in [-0.25, -0.2) is 0 Å². The van der Waals surface area contributed by atoms with Gasteiger partial charge in [-0.3, -0.25) is 0 Å². The van der Waals surface area contributed by atoms with Crippen molar-refractivity contribution in [2.75, 3.05) is 4.90 Å². The summed E-state index contributed by atoms with van der Waals surface area (Å²) in [6, 6.07) is 24.6. The number of hydrogen-bond donors (Lipinski definition) is 0. The molecule has 0 heterocycles. The second-order valence-corrected chi connectivity index (χ2v) is 13.4. The fourth-order valence-corrected chi connectivity index (χ4v) is 7.53. The SMILES string of the molecule is C=C/C=C\C=CC1=CC=C(N(/C=C2\C(=c3\ccccc3=C)C(C)(C)c3cccc(C4=CC=CCC4)c32)c2cccc(C3=CC=CC3)c2)C1. The van der Waals surface area contributed by atoms with Crippen molar-refractivity contribution < 1.29 is 0 Å². The maximum absolute atomic E-state index is 4.53. The van der Waals surface area contributed by atoms with Crippen LogP contribution in [0.2, 0.25) is 0 Å². The molecule has 1 nitrogen and oxygen atoms in total. The summed E-state index contributed by atoms with van der Waals surface area (Å²) in [5.41, 5.74) is 14.1. The molecular weight excluding hydrogens is 579 g/mol. The summed E-state index contributed by atoms with van der Waals surface area (Å²) in [6.45, 7) is 13.1. The Balaban J connectivity index is 1.46. The van der Waals surface area contributed by atoms with Gasteiger partial charge in [0, 0.05) is 35.0 Å². The zero-order chi connectivity index (χ0) is 33.1. The van der Waals surface area contributed by atoms with E-state index >= 15 is 0 Å². The molecule has 0 bridgehead atoms. The lowest BCUT2D eigenvalue weighted by Crippen LogP contribution is -2.31. The molecule has 0 aromatic heterocycles. The molecule has 0 spiro atoms. The monoisotopic (exact) mass is 621 g/mol. The molecule has 3 aromatic carbocycles. The van der Waals surface area contributed by atoms with E-state index in [0.717, 1.165) is 36.6 Å². The number of allylic oxidation sites excluding steroid dienone is 17. The molecule has 0 unspecified atom stereocenters. The summed E-state index contributed by atoms with van der Waals surface area (Å²) >= 11 is 0. The Morgan fingerprint density at radius 1 is 0.812 bits per heavy atom. The molecule has 0 aliphatic heterocycles. The minimum Gasteiger partial charge on any atom is -0.320 e. The minimum absolute atomic E-state index is 0.225. The van der Waals surface area contributed by atoms with Crippen molar-refractivity contribution in [3.8, 4) is 0 Å². The molecule has 4 aliphatic rings. The molecule has 0 saturated heterocycles. The van der Waals surface area contributed by atoms with Crippen molar-refractivity contribution in [2.24, 2.45) is 0 Å². The summed E-state index contributed by atoms with van der Waals surface area (Å²) in [5, 5.41) is 2.26. The predicted octanol–water partition coefficient (Wildman–Crippen LogP) is 10.7. The quantitative estimate of drug-likeness (QED) is 0.226. The Hall–Kier alpha value is -5.40. The third kappa shape index (κ3) is 5.93. The van der Waals surface area contributed by atoms with E-state index in [4.69, 9.17) is 0 Å². The van der Waals surface area contributed by atoms with Crippen molar-refractivity contribution >= 4 is 34.6 Å². The second kappa shape index (κ2) is 13.4. The maximum Gasteiger partial charge on any atom is 0.0458 e. The Labute approximate surface area is 286 Å². The van der Waals surface area contributed by atoms with E-state index in [1.807, 2.05) is 12.2 Å². The largest absolute Gasteiger partial charge is 0.320 e. The molecule has 0 atom stereocenters. The van der Waals surface area contributed by atoms with Gasteiger partial charge in [0.05, 0.1) is 0 Å². The molecule has 0 radical (unpaired) electrons. The molecule has 236 valence electrons. The van der Waals surface area contributed by atoms with Crippen LogP contribution in [-0.4, -0.2) is 0 Å². The summed E-state index contributed by atoms with van der Waals surface area (Å²) < 4.78 is 0. The zero-order valence-corrected chi connectivity index (χ0v) is 28.1. The van der Waals surface area contributed by atoms with Crippen LogP contribution in [0.5, 0.6) is 0 Å². The van der Waals surface area contributed by atoms with Gasteiger partial charge in [0.15, 0.2) is 0 Å². The lowest BCUT2D eigenvalue weighted by molar-refractivity contribution is 0.708. The molecule has 4 aliphatic carbocycles. The molecule has 0 fully saturated rings. The normalized spacial score (nSPS) is 19.9. The van der Waals surface area contributed by atoms with E-state index < -0.39 is 0 Å². The summed E-state index contributed by atoms with van der Waals surface area (Å²) in [4.78, 5) is 2.45. The van der Waals surface area contributed by atoms with Gasteiger partial charge >= 0.3 is 0 Å². The smallest absolute Gasteiger partial charge is 0.0458 e. The molecule has 0 saturated carbocycles. The fraction of sp³-hybridized carbons (Fsp3) is 0.149. The Kier molecular flexibility index (Phi) is 8.70. The van der Waals surface area contributed by atoms with Gasteiger partial charge in [-0.2, -0.15) is 0 Å². The third-order valence-electron chi connectivity index (χ3n) is 9.93. The maximum atomic E-state index is 4.53. The van der Waals surface area contributed by atoms with E-state index in [1.165, 1.54) is 61.0 Å². The van der Waals surface area contributed by atoms with Gasteiger partial charge in [0.2, 0.25) is 0 Å². The highest BCUT2D eigenvalue weighted by Gasteiger charge is 2.41. The third-order valence-corrected chi connectivity index (χ3v) is 9.93. The van der Waals surface area contributed by atoms with Crippen LogP contribution < -0.4 is 15.3 Å². The first-order chi connectivity index (χ1) is 23.5. The summed E-state index contributed by atoms with van der Waals surface area (Å²) in [5.74, 6) is 0. The number of benzene rings is 3. The van der Waals surface area contributed by atoms with Gasteiger partial charge in [0.25, 0.3) is 0 Å². The van der Waals surface area contributed by atoms with Crippen LogP contribution in [0.3, 0.4) is 0 Å². The van der Waals surface area contributed by atoms with E-state index in [1.54, 1.807) is 6.08 Å². The number of nitrogens with zero attached hydrogens (tertiary/aromatic N) is 1. The molecule has 48 heavy (non-hydrogen) atoms. The number of hydrogen-bond acceptors (Lipinski definition) is 1. The van der Waals surface area contributed by atoms with Crippen LogP contribution in [0, 0.1) is 0 Å². The van der Waals surface area contributed by atoms with Gasteiger partial charge in [-0.15, -0.1) is 0 Å². The average Bonchev–Trinajstić information content (AvgIpc) is 3.86. The van der Waals surface area contributed by atoms with Gasteiger partial charge in [-0.1, -0.05) is 155 Å². The molecular formula is C47H43N. The van der Waals surface area contributed by atoms with Crippen LogP contribution in [0.15, 0.2) is 170 Å². The predicted molar refractivity (Wildman–Crippen MR) is 208 cm³/mol. The van der Waals surface area contributed by atoms with Crippen LogP contribution in [0.1, 0.15) is 61.8 Å². The summed E-state index contributed by atoms with van der Waals surface area (Å²) in [7, 11) is 0. The lowest BCUT2D eigenvalue weighted by atomic mass is 9.80. The van der Waals surface area contributed by atoms with Crippen molar-refractivity contribution in [2.45, 2.75) is 44.9 Å². The first kappa shape index (κ1) is 31.2. The number of rotatable bonds is 8. The molecule has 7 rings (SSSR count). The molecule has 3 aromatic rings. The van der Waals surface area contributed by atoms with E-state index in [9.17, 15) is 0 Å². The highest BCUT2D eigenvalue weighted by molar-refractivity contribution is 6.10. The summed E-state index contributed by atoms with van der Waals surface area (Å²) in [6.07, 6.45) is 34.4. The van der Waals surface area contributed by atoms with E-state index in [-0.39, 0.29) is 5.41 Å². The van der Waals surface area contributed by atoms with Crippen molar-refractivity contribution in [1.29, 1.82) is 0 Å². The highest BCUT2D eigenvalue weighted by Crippen LogP contribution is 2.53. The van der Waals surface area contributed by atoms with Crippen molar-refractivity contribution in [3.63, 3.8) is 0 Å². The highest BCUT2D eigenvalue weighted by atomic mass is 15.1. The van der Waals surface area contributed by atoms with Crippen LogP contribution in [0.25, 0.3) is 28.9 Å². The second-order valence-electron chi connectivity index (χ2n) is 13.4. The van der Waals surface area contributed by atoms with Gasteiger partial charge in [-0.05, 0) is 92.5 Å². The van der Waals surface area contributed by atoms with E-state index in [2.05, 4.69) is 166 Å². The lowest BCUT2D eigenvalue weighted by Gasteiger charge is -2.26. The standard InChI is InChI=1S/C47H43N/c1-5-6-7-9-19-35-29-30-40(31-35)48(39-25-16-24-38(32-39)36-20-13-14-21-36)33-43-45-42(37-22-10-8-11-23-37)27-17-28-44(45)47(3,4)46(43)41-26-15-12-18-34(41)2/h5-10,12-20,22,24-30,32-33H,1-2,11,21,23,31H2,3-4H3/b7-6-,19-9?,43-33-,46-41+. The van der Waals surface area contributed by atoms with Gasteiger partial charge < -0.3 is 4.90 Å². The van der Waals surface area contributed by atoms with Gasteiger partial charge in [0.1, 0.15) is 0 Å². The van der Waals surface area contributed by atoms with Crippen LogP contribution >= 0.6 is 0 Å². The Bertz CT molecular complexity index is 2180. The minimum atomic E-state index is -0.225.